The van der Waals surface area contributed by atoms with Crippen molar-refractivity contribution in [3.63, 3.8) is 0 Å². The summed E-state index contributed by atoms with van der Waals surface area (Å²) < 4.78 is 1.67. The van der Waals surface area contributed by atoms with Crippen molar-refractivity contribution in [2.75, 3.05) is 19.6 Å². The molecule has 31 heavy (non-hydrogen) atoms. The summed E-state index contributed by atoms with van der Waals surface area (Å²) in [7, 11) is 0. The van der Waals surface area contributed by atoms with Crippen LogP contribution in [-0.2, 0) is 6.42 Å². The Balaban J connectivity index is 1.18. The Hall–Kier alpha value is -2.98. The number of aromatic nitrogens is 2. The van der Waals surface area contributed by atoms with E-state index in [1.54, 1.807) is 4.40 Å². The van der Waals surface area contributed by atoms with Gasteiger partial charge in [-0.2, -0.15) is 0 Å². The monoisotopic (exact) mass is 409 g/mol. The highest BCUT2D eigenvalue weighted by atomic mass is 16.1. The molecule has 2 aliphatic rings. The summed E-state index contributed by atoms with van der Waals surface area (Å²) in [4.78, 5) is 20.2. The summed E-state index contributed by atoms with van der Waals surface area (Å²) in [5, 5.41) is 2.76. The van der Waals surface area contributed by atoms with Gasteiger partial charge in [-0.25, -0.2) is 4.98 Å². The summed E-state index contributed by atoms with van der Waals surface area (Å²) in [6.45, 7) is 5.20. The van der Waals surface area contributed by atoms with Gasteiger partial charge in [0.15, 0.2) is 0 Å². The molecule has 4 heteroatoms. The molecule has 0 amide bonds. The lowest BCUT2D eigenvalue weighted by atomic mass is 9.63. The first kappa shape index (κ1) is 18.8. The van der Waals surface area contributed by atoms with Gasteiger partial charge in [0.1, 0.15) is 5.65 Å². The maximum Gasteiger partial charge on any atom is 0.261 e. The molecule has 0 spiro atoms. The van der Waals surface area contributed by atoms with Crippen LogP contribution in [0.4, 0.5) is 0 Å². The smallest absolute Gasteiger partial charge is 0.261 e. The van der Waals surface area contributed by atoms with Gasteiger partial charge >= 0.3 is 0 Å². The molecule has 156 valence electrons. The molecule has 0 bridgehead atoms. The van der Waals surface area contributed by atoms with Crippen LogP contribution >= 0.6 is 0 Å². The zero-order chi connectivity index (χ0) is 20.9. The number of fused-ring (bicyclic) bond motifs is 3. The van der Waals surface area contributed by atoms with E-state index in [4.69, 9.17) is 0 Å². The third-order valence-corrected chi connectivity index (χ3v) is 7.58. The molecule has 1 saturated carbocycles. The number of likely N-dealkylation sites (tertiary alicyclic amines) is 1. The van der Waals surface area contributed by atoms with E-state index in [1.807, 2.05) is 31.3 Å². The molecular weight excluding hydrogens is 382 g/mol. The zero-order valence-corrected chi connectivity index (χ0v) is 17.9. The van der Waals surface area contributed by atoms with Crippen molar-refractivity contribution in [3.8, 4) is 0 Å². The lowest BCUT2D eigenvalue weighted by Gasteiger charge is -2.40. The van der Waals surface area contributed by atoms with Gasteiger partial charge in [-0.1, -0.05) is 48.5 Å². The quantitative estimate of drug-likeness (QED) is 0.500. The molecule has 2 aromatic heterocycles. The van der Waals surface area contributed by atoms with Crippen LogP contribution in [0.2, 0.25) is 0 Å². The molecule has 3 heterocycles. The molecule has 3 unspecified atom stereocenters. The maximum absolute atomic E-state index is 13.0. The van der Waals surface area contributed by atoms with Crippen LogP contribution < -0.4 is 5.56 Å². The Bertz CT molecular complexity index is 1340. The summed E-state index contributed by atoms with van der Waals surface area (Å²) in [6, 6.07) is 21.2. The fraction of sp³-hybridized carbons (Fsp3) is 0.333. The molecule has 1 aliphatic carbocycles. The second-order valence-corrected chi connectivity index (χ2v) is 9.25. The van der Waals surface area contributed by atoms with Gasteiger partial charge in [0.2, 0.25) is 0 Å². The number of hydrogen-bond donors (Lipinski definition) is 0. The lowest BCUT2D eigenvalue weighted by molar-refractivity contribution is 0.192. The number of hydrogen-bond acceptors (Lipinski definition) is 3. The van der Waals surface area contributed by atoms with Crippen molar-refractivity contribution in [1.82, 2.24) is 14.3 Å². The highest BCUT2D eigenvalue weighted by Crippen LogP contribution is 2.52. The molecule has 0 N–H and O–H groups in total. The Labute approximate surface area is 182 Å². The first-order valence-electron chi connectivity index (χ1n) is 11.4. The molecule has 4 aromatic rings. The maximum atomic E-state index is 13.0. The number of aryl methyl sites for hydroxylation is 1. The molecule has 2 aromatic carbocycles. The van der Waals surface area contributed by atoms with Gasteiger partial charge in [-0.05, 0) is 66.0 Å². The van der Waals surface area contributed by atoms with Crippen LogP contribution in [0, 0.1) is 18.8 Å². The van der Waals surface area contributed by atoms with Crippen LogP contribution in [0.1, 0.15) is 29.2 Å². The minimum absolute atomic E-state index is 0.0823. The average molecular weight is 410 g/mol. The number of pyridine rings is 1. The topological polar surface area (TPSA) is 37.6 Å². The summed E-state index contributed by atoms with van der Waals surface area (Å²) in [5.74, 6) is 2.19. The van der Waals surface area contributed by atoms with E-state index in [0.717, 1.165) is 54.8 Å². The SMILES string of the molecule is Cc1nc2ccccn2c(=O)c1CCN1CC2CC(c3cccc4ccccc34)C2C1. The van der Waals surface area contributed by atoms with E-state index in [0.29, 0.717) is 5.92 Å². The van der Waals surface area contributed by atoms with Crippen LogP contribution in [0.15, 0.2) is 71.7 Å². The largest absolute Gasteiger partial charge is 0.302 e. The van der Waals surface area contributed by atoms with Crippen LogP contribution in [0.3, 0.4) is 0 Å². The van der Waals surface area contributed by atoms with E-state index < -0.39 is 0 Å². The molecular formula is C27H27N3O. The Morgan fingerprint density at radius 1 is 1.00 bits per heavy atom. The van der Waals surface area contributed by atoms with Crippen molar-refractivity contribution in [1.29, 1.82) is 0 Å². The first-order valence-corrected chi connectivity index (χ1v) is 11.4. The standard InChI is InChI=1S/C27H27N3O/c1-18-21(27(31)30-13-5-4-11-26(30)28-18)12-14-29-16-20-15-24(25(20)17-29)23-10-6-8-19-7-2-3-9-22(19)23/h2-11,13,20,24-25H,12,14-17H2,1H3. The fourth-order valence-electron chi connectivity index (χ4n) is 5.91. The van der Waals surface area contributed by atoms with Crippen molar-refractivity contribution >= 4 is 16.4 Å². The van der Waals surface area contributed by atoms with E-state index >= 15 is 0 Å². The summed E-state index contributed by atoms with van der Waals surface area (Å²) >= 11 is 0. The van der Waals surface area contributed by atoms with Crippen LogP contribution in [0.25, 0.3) is 16.4 Å². The predicted molar refractivity (Wildman–Crippen MR) is 125 cm³/mol. The average Bonchev–Trinajstić information content (AvgIpc) is 3.10. The normalized spacial score (nSPS) is 23.2. The summed E-state index contributed by atoms with van der Waals surface area (Å²) in [5.41, 5.74) is 4.05. The van der Waals surface area contributed by atoms with Gasteiger partial charge in [-0.3, -0.25) is 9.20 Å². The van der Waals surface area contributed by atoms with Crippen molar-refractivity contribution in [2.24, 2.45) is 11.8 Å². The number of rotatable bonds is 4. The Kier molecular flexibility index (Phi) is 4.43. The lowest BCUT2D eigenvalue weighted by Crippen LogP contribution is -2.33. The highest BCUT2D eigenvalue weighted by molar-refractivity contribution is 5.86. The minimum atomic E-state index is 0.0823. The van der Waals surface area contributed by atoms with E-state index in [2.05, 4.69) is 52.3 Å². The van der Waals surface area contributed by atoms with Crippen LogP contribution in [0.5, 0.6) is 0 Å². The van der Waals surface area contributed by atoms with Crippen molar-refractivity contribution in [3.05, 3.63) is 94.0 Å². The Morgan fingerprint density at radius 2 is 1.84 bits per heavy atom. The molecule has 3 atom stereocenters. The molecule has 2 fully saturated rings. The third kappa shape index (κ3) is 3.09. The molecule has 1 aliphatic heterocycles. The second kappa shape index (κ2) is 7.31. The van der Waals surface area contributed by atoms with Gasteiger partial charge < -0.3 is 4.90 Å². The number of benzene rings is 2. The Morgan fingerprint density at radius 3 is 2.77 bits per heavy atom. The van der Waals surface area contributed by atoms with Crippen molar-refractivity contribution in [2.45, 2.75) is 25.7 Å². The molecule has 4 nitrogen and oxygen atoms in total. The van der Waals surface area contributed by atoms with E-state index in [1.165, 1.54) is 22.8 Å². The predicted octanol–water partition coefficient (Wildman–Crippen LogP) is 4.43. The molecule has 1 saturated heterocycles. The van der Waals surface area contributed by atoms with Crippen LogP contribution in [-0.4, -0.2) is 33.9 Å². The molecule has 0 radical (unpaired) electrons. The summed E-state index contributed by atoms with van der Waals surface area (Å²) in [6.07, 6.45) is 3.88. The van der Waals surface area contributed by atoms with Gasteiger partial charge in [0.05, 0.1) is 0 Å². The highest BCUT2D eigenvalue weighted by Gasteiger charge is 2.47. The van der Waals surface area contributed by atoms with Gasteiger partial charge in [-0.15, -0.1) is 0 Å². The minimum Gasteiger partial charge on any atom is -0.302 e. The third-order valence-electron chi connectivity index (χ3n) is 7.58. The number of nitrogens with zero attached hydrogens (tertiary/aromatic N) is 3. The second-order valence-electron chi connectivity index (χ2n) is 9.25. The van der Waals surface area contributed by atoms with Gasteiger partial charge in [0, 0.05) is 37.1 Å². The molecule has 6 rings (SSSR count). The first-order chi connectivity index (χ1) is 15.2. The van der Waals surface area contributed by atoms with Crippen molar-refractivity contribution < 1.29 is 0 Å². The van der Waals surface area contributed by atoms with E-state index in [-0.39, 0.29) is 5.56 Å². The van der Waals surface area contributed by atoms with E-state index in [9.17, 15) is 4.79 Å². The fourth-order valence-corrected chi connectivity index (χ4v) is 5.91. The van der Waals surface area contributed by atoms with Gasteiger partial charge in [0.25, 0.3) is 5.56 Å². The zero-order valence-electron chi connectivity index (χ0n) is 17.9.